The highest BCUT2D eigenvalue weighted by molar-refractivity contribution is 5.82. The van der Waals surface area contributed by atoms with Crippen LogP contribution in [0.4, 0.5) is 23.2 Å². The van der Waals surface area contributed by atoms with Gasteiger partial charge in [-0.1, -0.05) is 31.0 Å². The molecule has 1 N–H and O–H groups in total. The highest BCUT2D eigenvalue weighted by Crippen LogP contribution is 2.40. The van der Waals surface area contributed by atoms with Crippen LogP contribution in [0, 0.1) is 11.7 Å². The Morgan fingerprint density at radius 3 is 2.56 bits per heavy atom. The number of hydrogen-bond donors (Lipinski definition) is 1. The van der Waals surface area contributed by atoms with E-state index in [-0.39, 0.29) is 24.9 Å². The van der Waals surface area contributed by atoms with E-state index in [1.807, 2.05) is 0 Å². The third-order valence-corrected chi connectivity index (χ3v) is 7.66. The number of carbonyl (C=O) groups excluding carboxylic acids is 1. The van der Waals surface area contributed by atoms with E-state index in [1.165, 1.54) is 25.0 Å². The Labute approximate surface area is 196 Å². The van der Waals surface area contributed by atoms with Gasteiger partial charge in [0.25, 0.3) is 0 Å². The first kappa shape index (κ1) is 23.1. The van der Waals surface area contributed by atoms with E-state index in [0.29, 0.717) is 30.3 Å². The highest BCUT2D eigenvalue weighted by atomic mass is 19.4. The maximum absolute atomic E-state index is 14.1. The molecule has 4 nitrogen and oxygen atoms in total. The van der Waals surface area contributed by atoms with E-state index < -0.39 is 23.5 Å². The summed E-state index contributed by atoms with van der Waals surface area (Å²) in [7, 11) is 0. The van der Waals surface area contributed by atoms with Crippen LogP contribution in [0.1, 0.15) is 42.4 Å². The largest absolute Gasteiger partial charge is 0.416 e. The molecule has 0 aromatic heterocycles. The Balaban J connectivity index is 1.42. The first-order valence-corrected chi connectivity index (χ1v) is 12.0. The number of carbonyl (C=O) groups is 1. The van der Waals surface area contributed by atoms with Gasteiger partial charge in [-0.25, -0.2) is 4.39 Å². The van der Waals surface area contributed by atoms with Gasteiger partial charge in [-0.05, 0) is 49.1 Å². The zero-order valence-corrected chi connectivity index (χ0v) is 19.0. The fourth-order valence-electron chi connectivity index (χ4n) is 5.88. The summed E-state index contributed by atoms with van der Waals surface area (Å²) in [4.78, 5) is 17.9. The molecule has 182 valence electrons. The Morgan fingerprint density at radius 1 is 1.06 bits per heavy atom. The van der Waals surface area contributed by atoms with Crippen molar-refractivity contribution in [2.45, 2.75) is 56.9 Å². The van der Waals surface area contributed by atoms with Gasteiger partial charge >= 0.3 is 6.18 Å². The van der Waals surface area contributed by atoms with Crippen LogP contribution in [0.15, 0.2) is 42.5 Å². The number of benzene rings is 2. The van der Waals surface area contributed by atoms with Crippen molar-refractivity contribution in [3.63, 3.8) is 0 Å². The first-order chi connectivity index (χ1) is 16.3. The minimum absolute atomic E-state index is 0.0521. The summed E-state index contributed by atoms with van der Waals surface area (Å²) >= 11 is 0. The van der Waals surface area contributed by atoms with E-state index in [9.17, 15) is 22.4 Å². The van der Waals surface area contributed by atoms with Gasteiger partial charge in [-0.2, -0.15) is 13.2 Å². The standard InChI is InChI=1S/C26H29F4N3O/c27-22-8-4-1-5-17(22)15-31-25(34)21-14-18-13-19(26(28,29)30)9-10-23(18)33-12-11-32(16-24(21)33)20-6-2-3-7-20/h1,4-5,8-10,13,20-21,24H,2-3,6-7,11-12,14-16H2,(H,31,34)/t21-,24-/m0/s1. The van der Waals surface area contributed by atoms with Gasteiger partial charge < -0.3 is 10.2 Å². The van der Waals surface area contributed by atoms with Gasteiger partial charge in [0.2, 0.25) is 5.91 Å². The zero-order chi connectivity index (χ0) is 23.9. The van der Waals surface area contributed by atoms with Crippen LogP contribution in [0.5, 0.6) is 0 Å². The number of hydrogen-bond acceptors (Lipinski definition) is 3. The lowest BCUT2D eigenvalue weighted by Crippen LogP contribution is -2.62. The van der Waals surface area contributed by atoms with Gasteiger partial charge in [-0.3, -0.25) is 9.69 Å². The first-order valence-electron chi connectivity index (χ1n) is 12.0. The number of nitrogens with one attached hydrogen (secondary N) is 1. The molecule has 1 amide bonds. The summed E-state index contributed by atoms with van der Waals surface area (Å²) in [6.45, 7) is 2.28. The molecule has 1 aliphatic carbocycles. The number of piperazine rings is 1. The molecule has 2 fully saturated rings. The molecule has 2 aromatic carbocycles. The normalized spacial score (nSPS) is 23.5. The molecule has 0 unspecified atom stereocenters. The van der Waals surface area contributed by atoms with Crippen LogP contribution < -0.4 is 10.2 Å². The molecular formula is C26H29F4N3O. The van der Waals surface area contributed by atoms with E-state index in [0.717, 1.165) is 31.1 Å². The number of anilines is 1. The van der Waals surface area contributed by atoms with Crippen molar-refractivity contribution in [3.8, 4) is 0 Å². The number of amides is 1. The third kappa shape index (κ3) is 4.52. The molecule has 1 saturated carbocycles. The van der Waals surface area contributed by atoms with E-state index in [2.05, 4.69) is 15.1 Å². The van der Waals surface area contributed by atoms with Crippen molar-refractivity contribution in [3.05, 3.63) is 65.0 Å². The molecule has 8 heteroatoms. The molecule has 34 heavy (non-hydrogen) atoms. The molecule has 2 atom stereocenters. The van der Waals surface area contributed by atoms with Gasteiger partial charge in [0.05, 0.1) is 17.5 Å². The lowest BCUT2D eigenvalue weighted by Gasteiger charge is -2.50. The van der Waals surface area contributed by atoms with E-state index >= 15 is 0 Å². The minimum atomic E-state index is -4.43. The Kier molecular flexibility index (Phi) is 6.27. The SMILES string of the molecule is O=C(NCc1ccccc1F)[C@H]1Cc2cc(C(F)(F)F)ccc2N2CCN(C3CCCC3)C[C@@H]12. The molecule has 0 radical (unpaired) electrons. The second-order valence-electron chi connectivity index (χ2n) is 9.66. The van der Waals surface area contributed by atoms with Crippen LogP contribution >= 0.6 is 0 Å². The van der Waals surface area contributed by atoms with Crippen LogP contribution in [-0.2, 0) is 23.9 Å². The highest BCUT2D eigenvalue weighted by Gasteiger charge is 2.43. The van der Waals surface area contributed by atoms with Crippen LogP contribution in [0.25, 0.3) is 0 Å². The second kappa shape index (κ2) is 9.21. The molecule has 1 saturated heterocycles. The Bertz CT molecular complexity index is 1050. The van der Waals surface area contributed by atoms with Crippen LogP contribution in [0.3, 0.4) is 0 Å². The van der Waals surface area contributed by atoms with Crippen LogP contribution in [0.2, 0.25) is 0 Å². The molecular weight excluding hydrogens is 446 g/mol. The average Bonchev–Trinajstić information content (AvgIpc) is 3.36. The summed E-state index contributed by atoms with van der Waals surface area (Å²) in [5.41, 5.74) is 1.04. The summed E-state index contributed by atoms with van der Waals surface area (Å²) in [5, 5.41) is 2.86. The minimum Gasteiger partial charge on any atom is -0.365 e. The average molecular weight is 476 g/mol. The van der Waals surface area contributed by atoms with Crippen molar-refractivity contribution in [1.82, 2.24) is 10.2 Å². The number of fused-ring (bicyclic) bond motifs is 3. The smallest absolute Gasteiger partial charge is 0.365 e. The summed E-state index contributed by atoms with van der Waals surface area (Å²) in [5.74, 6) is -1.14. The number of nitrogens with zero attached hydrogens (tertiary/aromatic N) is 2. The lowest BCUT2D eigenvalue weighted by atomic mass is 9.82. The lowest BCUT2D eigenvalue weighted by molar-refractivity contribution is -0.137. The topological polar surface area (TPSA) is 35.6 Å². The maximum atomic E-state index is 14.1. The predicted molar refractivity (Wildman–Crippen MR) is 122 cm³/mol. The number of rotatable bonds is 4. The molecule has 2 heterocycles. The van der Waals surface area contributed by atoms with Crippen molar-refractivity contribution < 1.29 is 22.4 Å². The van der Waals surface area contributed by atoms with Gasteiger partial charge in [0, 0.05) is 43.5 Å². The van der Waals surface area contributed by atoms with Gasteiger partial charge in [-0.15, -0.1) is 0 Å². The molecule has 5 rings (SSSR count). The maximum Gasteiger partial charge on any atom is 0.416 e. The van der Waals surface area contributed by atoms with Crippen molar-refractivity contribution in [1.29, 1.82) is 0 Å². The molecule has 2 aliphatic heterocycles. The predicted octanol–water partition coefficient (Wildman–Crippen LogP) is 4.77. The van der Waals surface area contributed by atoms with Crippen molar-refractivity contribution in [2.24, 2.45) is 5.92 Å². The molecule has 0 spiro atoms. The second-order valence-corrected chi connectivity index (χ2v) is 9.66. The summed E-state index contributed by atoms with van der Waals surface area (Å²) in [6, 6.07) is 10.5. The molecule has 2 aromatic rings. The Hall–Kier alpha value is -2.61. The van der Waals surface area contributed by atoms with Gasteiger partial charge in [0.15, 0.2) is 0 Å². The van der Waals surface area contributed by atoms with Crippen LogP contribution in [-0.4, -0.2) is 42.5 Å². The summed E-state index contributed by atoms with van der Waals surface area (Å²) in [6.07, 6.45) is 0.540. The number of alkyl halides is 3. The fraction of sp³-hybridized carbons (Fsp3) is 0.500. The Morgan fingerprint density at radius 2 is 1.82 bits per heavy atom. The van der Waals surface area contributed by atoms with E-state index in [1.54, 1.807) is 24.3 Å². The fourth-order valence-corrected chi connectivity index (χ4v) is 5.88. The third-order valence-electron chi connectivity index (χ3n) is 7.66. The van der Waals surface area contributed by atoms with E-state index in [4.69, 9.17) is 0 Å². The summed E-state index contributed by atoms with van der Waals surface area (Å²) < 4.78 is 54.2. The molecule has 3 aliphatic rings. The molecule has 0 bridgehead atoms. The van der Waals surface area contributed by atoms with Crippen molar-refractivity contribution >= 4 is 11.6 Å². The number of halogens is 4. The quantitative estimate of drug-likeness (QED) is 0.648. The van der Waals surface area contributed by atoms with Gasteiger partial charge in [0.1, 0.15) is 5.82 Å². The monoisotopic (exact) mass is 475 g/mol. The van der Waals surface area contributed by atoms with Crippen molar-refractivity contribution in [2.75, 3.05) is 24.5 Å². The zero-order valence-electron chi connectivity index (χ0n) is 19.0.